The normalized spacial score (nSPS) is 12.6. The van der Waals surface area contributed by atoms with Gasteiger partial charge in [-0.15, -0.1) is 0 Å². The maximum atomic E-state index is 12.6. The Hall–Kier alpha value is -1.66. The van der Waals surface area contributed by atoms with E-state index in [9.17, 15) is 19.8 Å². The average molecular weight is 1230 g/mol. The number of aliphatic hydroxyl groups excluding tert-OH is 2. The van der Waals surface area contributed by atoms with E-state index in [4.69, 9.17) is 4.74 Å². The standard InChI is InChI=1S/C81H157NO5/c1-3-5-7-9-11-13-15-17-19-20-21-22-34-37-40-43-46-49-53-57-61-65-69-73-79(84)78(77-83)82-80(85)74-70-66-62-58-54-50-47-44-41-38-35-32-30-28-26-24-23-25-27-29-31-33-36-39-42-45-48-52-56-60-64-68-72-76-87-81(86)75-71-67-63-59-55-51-18-16-14-12-10-8-6-4-2/h16,18,27,29,78-79,83-84H,3-15,17,19-26,28,30-77H2,1-2H3,(H,82,85)/b18-16-,29-27-. The van der Waals surface area contributed by atoms with Crippen LogP contribution >= 0.6 is 0 Å². The Morgan fingerprint density at radius 3 is 0.816 bits per heavy atom. The molecular formula is C81H157NO5. The molecule has 0 heterocycles. The van der Waals surface area contributed by atoms with Gasteiger partial charge in [0.25, 0.3) is 0 Å². The summed E-state index contributed by atoms with van der Waals surface area (Å²) in [7, 11) is 0. The fourth-order valence-corrected chi connectivity index (χ4v) is 12.9. The van der Waals surface area contributed by atoms with Gasteiger partial charge in [0, 0.05) is 12.8 Å². The summed E-state index contributed by atoms with van der Waals surface area (Å²) in [6.07, 6.45) is 98.5. The minimum Gasteiger partial charge on any atom is -0.466 e. The summed E-state index contributed by atoms with van der Waals surface area (Å²) in [4.78, 5) is 24.6. The fourth-order valence-electron chi connectivity index (χ4n) is 12.9. The zero-order valence-electron chi connectivity index (χ0n) is 59.3. The van der Waals surface area contributed by atoms with Crippen molar-refractivity contribution in [3.63, 3.8) is 0 Å². The molecule has 0 bridgehead atoms. The smallest absolute Gasteiger partial charge is 0.305 e. The molecule has 0 aromatic rings. The van der Waals surface area contributed by atoms with Gasteiger partial charge >= 0.3 is 5.97 Å². The van der Waals surface area contributed by atoms with Crippen LogP contribution in [-0.4, -0.2) is 47.4 Å². The number of hydrogen-bond acceptors (Lipinski definition) is 5. The van der Waals surface area contributed by atoms with Crippen LogP contribution < -0.4 is 5.32 Å². The first-order valence-electron chi connectivity index (χ1n) is 40.1. The SMILES string of the molecule is CCCCCCC/C=C\CCCCCCCC(=O)OCCCCCCCCCCCCCC/C=C\CCCCCCCCCCCCCCCCCCCC(=O)NC(CO)C(O)CCCCCCCCCCCCCCCCCCCCCCCCC. The van der Waals surface area contributed by atoms with Crippen LogP contribution in [0.5, 0.6) is 0 Å². The van der Waals surface area contributed by atoms with E-state index in [1.165, 1.54) is 379 Å². The van der Waals surface area contributed by atoms with Crippen LogP contribution in [0.4, 0.5) is 0 Å². The number of unbranched alkanes of at least 4 members (excludes halogenated alkanes) is 61. The number of hydrogen-bond donors (Lipinski definition) is 3. The molecule has 0 saturated carbocycles. The number of ether oxygens (including phenoxy) is 1. The first-order chi connectivity index (χ1) is 43.0. The zero-order chi connectivity index (χ0) is 62.8. The second kappa shape index (κ2) is 76.8. The van der Waals surface area contributed by atoms with Crippen molar-refractivity contribution in [3.8, 4) is 0 Å². The topological polar surface area (TPSA) is 95.9 Å². The third kappa shape index (κ3) is 73.3. The molecule has 2 unspecified atom stereocenters. The Kier molecular flexibility index (Phi) is 75.3. The van der Waals surface area contributed by atoms with Gasteiger partial charge in [-0.25, -0.2) is 0 Å². The average Bonchev–Trinajstić information content (AvgIpc) is 3.52. The Balaban J connectivity index is 3.35. The zero-order valence-corrected chi connectivity index (χ0v) is 59.3. The van der Waals surface area contributed by atoms with E-state index in [0.717, 1.165) is 44.9 Å². The molecule has 0 radical (unpaired) electrons. The van der Waals surface area contributed by atoms with Gasteiger partial charge in [0.05, 0.1) is 25.4 Å². The van der Waals surface area contributed by atoms with Crippen LogP contribution in [0.1, 0.15) is 457 Å². The first kappa shape index (κ1) is 85.3. The summed E-state index contributed by atoms with van der Waals surface area (Å²) in [5.41, 5.74) is 0. The second-order valence-corrected chi connectivity index (χ2v) is 27.7. The molecule has 6 heteroatoms. The lowest BCUT2D eigenvalue weighted by Gasteiger charge is -2.22. The summed E-state index contributed by atoms with van der Waals surface area (Å²) in [5, 5.41) is 23.5. The van der Waals surface area contributed by atoms with E-state index in [-0.39, 0.29) is 18.5 Å². The lowest BCUT2D eigenvalue weighted by Crippen LogP contribution is -2.45. The number of aliphatic hydroxyl groups is 2. The van der Waals surface area contributed by atoms with Crippen molar-refractivity contribution in [1.29, 1.82) is 0 Å². The van der Waals surface area contributed by atoms with E-state index < -0.39 is 12.1 Å². The van der Waals surface area contributed by atoms with Gasteiger partial charge in [-0.3, -0.25) is 9.59 Å². The molecule has 0 saturated heterocycles. The highest BCUT2D eigenvalue weighted by Crippen LogP contribution is 2.20. The van der Waals surface area contributed by atoms with E-state index in [0.29, 0.717) is 25.9 Å². The van der Waals surface area contributed by atoms with Crippen LogP contribution in [-0.2, 0) is 14.3 Å². The van der Waals surface area contributed by atoms with Gasteiger partial charge in [0.2, 0.25) is 5.91 Å². The summed E-state index contributed by atoms with van der Waals surface area (Å²) in [5.74, 6) is -0.0151. The molecule has 0 aliphatic rings. The number of nitrogens with one attached hydrogen (secondary N) is 1. The van der Waals surface area contributed by atoms with Crippen molar-refractivity contribution >= 4 is 11.9 Å². The van der Waals surface area contributed by atoms with Crippen LogP contribution in [0.15, 0.2) is 24.3 Å². The van der Waals surface area contributed by atoms with Crippen molar-refractivity contribution in [1.82, 2.24) is 5.32 Å². The molecule has 6 nitrogen and oxygen atoms in total. The van der Waals surface area contributed by atoms with Crippen molar-refractivity contribution in [2.45, 2.75) is 469 Å². The minimum absolute atomic E-state index is 0.0111. The summed E-state index contributed by atoms with van der Waals surface area (Å²) >= 11 is 0. The molecule has 3 N–H and O–H groups in total. The number of esters is 1. The van der Waals surface area contributed by atoms with Crippen LogP contribution in [0.25, 0.3) is 0 Å². The van der Waals surface area contributed by atoms with E-state index in [1.807, 2.05) is 0 Å². The molecule has 0 aromatic heterocycles. The number of carbonyl (C=O) groups is 2. The van der Waals surface area contributed by atoms with Gasteiger partial charge in [0.15, 0.2) is 0 Å². The van der Waals surface area contributed by atoms with Crippen molar-refractivity contribution in [2.75, 3.05) is 13.2 Å². The summed E-state index contributed by atoms with van der Waals surface area (Å²) in [6.45, 7) is 4.99. The van der Waals surface area contributed by atoms with Crippen LogP contribution in [0.3, 0.4) is 0 Å². The predicted molar refractivity (Wildman–Crippen MR) is 384 cm³/mol. The molecule has 1 amide bonds. The van der Waals surface area contributed by atoms with Crippen molar-refractivity contribution in [3.05, 3.63) is 24.3 Å². The third-order valence-electron chi connectivity index (χ3n) is 19.0. The maximum absolute atomic E-state index is 12.6. The van der Waals surface area contributed by atoms with Gasteiger partial charge in [-0.2, -0.15) is 0 Å². The van der Waals surface area contributed by atoms with E-state index >= 15 is 0 Å². The molecule has 0 aliphatic heterocycles. The highest BCUT2D eigenvalue weighted by molar-refractivity contribution is 5.76. The second-order valence-electron chi connectivity index (χ2n) is 27.7. The van der Waals surface area contributed by atoms with Gasteiger partial charge in [-0.05, 0) is 77.0 Å². The number of carbonyl (C=O) groups excluding carboxylic acids is 2. The lowest BCUT2D eigenvalue weighted by molar-refractivity contribution is -0.143. The molecule has 0 rings (SSSR count). The highest BCUT2D eigenvalue weighted by atomic mass is 16.5. The van der Waals surface area contributed by atoms with Crippen LogP contribution in [0.2, 0.25) is 0 Å². The molecule has 2 atom stereocenters. The Morgan fingerprint density at radius 1 is 0.310 bits per heavy atom. The number of allylic oxidation sites excluding steroid dienone is 4. The number of amides is 1. The minimum atomic E-state index is -0.663. The quantitative estimate of drug-likeness (QED) is 0.0320. The van der Waals surface area contributed by atoms with Gasteiger partial charge < -0.3 is 20.3 Å². The van der Waals surface area contributed by atoms with Crippen molar-refractivity contribution in [2.24, 2.45) is 0 Å². The van der Waals surface area contributed by atoms with Crippen molar-refractivity contribution < 1.29 is 24.5 Å². The molecule has 516 valence electrons. The Morgan fingerprint density at radius 2 is 0.540 bits per heavy atom. The molecule has 0 aromatic carbocycles. The summed E-state index contributed by atoms with van der Waals surface area (Å²) in [6, 6.07) is -0.540. The molecule has 0 fully saturated rings. The van der Waals surface area contributed by atoms with Gasteiger partial charge in [-0.1, -0.05) is 391 Å². The largest absolute Gasteiger partial charge is 0.466 e. The highest BCUT2D eigenvalue weighted by Gasteiger charge is 2.20. The maximum Gasteiger partial charge on any atom is 0.305 e. The van der Waals surface area contributed by atoms with Crippen LogP contribution in [0, 0.1) is 0 Å². The monoisotopic (exact) mass is 1220 g/mol. The Labute approximate surface area is 545 Å². The number of rotatable bonds is 76. The molecule has 87 heavy (non-hydrogen) atoms. The third-order valence-corrected chi connectivity index (χ3v) is 19.0. The molecular weight excluding hydrogens is 1070 g/mol. The van der Waals surface area contributed by atoms with Gasteiger partial charge in [0.1, 0.15) is 0 Å². The first-order valence-corrected chi connectivity index (χ1v) is 40.1. The predicted octanol–water partition coefficient (Wildman–Crippen LogP) is 26.4. The van der Waals surface area contributed by atoms with E-state index in [1.54, 1.807) is 0 Å². The summed E-state index contributed by atoms with van der Waals surface area (Å²) < 4.78 is 5.49. The lowest BCUT2D eigenvalue weighted by atomic mass is 10.0. The molecule has 0 spiro atoms. The fraction of sp³-hybridized carbons (Fsp3) is 0.926. The molecule has 0 aliphatic carbocycles. The van der Waals surface area contributed by atoms with E-state index in [2.05, 4.69) is 43.5 Å². The Bertz CT molecular complexity index is 1360.